The number of phenols is 1. The zero-order valence-electron chi connectivity index (χ0n) is 14.4. The Morgan fingerprint density at radius 2 is 1.82 bits per heavy atom. The van der Waals surface area contributed by atoms with E-state index < -0.39 is 20.9 Å². The van der Waals surface area contributed by atoms with Gasteiger partial charge in [0.2, 0.25) is 0 Å². The third-order valence-corrected chi connectivity index (χ3v) is 5.01. The van der Waals surface area contributed by atoms with Crippen molar-refractivity contribution in [1.82, 2.24) is 0 Å². The van der Waals surface area contributed by atoms with Crippen LogP contribution in [0, 0.1) is 17.0 Å². The first-order chi connectivity index (χ1) is 13.1. The lowest BCUT2D eigenvalue weighted by molar-refractivity contribution is -0.385. The summed E-state index contributed by atoms with van der Waals surface area (Å²) < 4.78 is 31.7. The molecule has 0 heterocycles. The summed E-state index contributed by atoms with van der Waals surface area (Å²) in [5.41, 5.74) is 0.370. The summed E-state index contributed by atoms with van der Waals surface area (Å²) in [5.74, 6) is -0.862. The summed E-state index contributed by atoms with van der Waals surface area (Å²) in [6, 6.07) is 10.3. The Labute approximate surface area is 159 Å². The molecule has 0 atom stereocenters. The fraction of sp³-hybridized carbons (Fsp3) is 0.0556. The average Bonchev–Trinajstić information content (AvgIpc) is 2.62. The van der Waals surface area contributed by atoms with Gasteiger partial charge in [0.25, 0.3) is 21.7 Å². The van der Waals surface area contributed by atoms with Crippen LogP contribution in [0.2, 0.25) is 0 Å². The molecular formula is C18H14N2O7S. The maximum absolute atomic E-state index is 12.5. The van der Waals surface area contributed by atoms with E-state index in [1.54, 1.807) is 0 Å². The molecule has 3 aromatic rings. The van der Waals surface area contributed by atoms with Crippen LogP contribution in [0.5, 0.6) is 5.75 Å². The highest BCUT2D eigenvalue weighted by molar-refractivity contribution is 7.85. The lowest BCUT2D eigenvalue weighted by Crippen LogP contribution is -2.13. The third-order valence-electron chi connectivity index (χ3n) is 4.16. The fourth-order valence-corrected chi connectivity index (χ4v) is 3.29. The number of carbonyl (C=O) groups is 1. The summed E-state index contributed by atoms with van der Waals surface area (Å²) in [7, 11) is -4.40. The van der Waals surface area contributed by atoms with E-state index in [-0.39, 0.29) is 27.6 Å². The van der Waals surface area contributed by atoms with Crippen LogP contribution in [-0.2, 0) is 10.1 Å². The topological polar surface area (TPSA) is 147 Å². The minimum atomic E-state index is -4.40. The number of nitro groups is 1. The zero-order valence-corrected chi connectivity index (χ0v) is 15.2. The fourth-order valence-electron chi connectivity index (χ4n) is 2.78. The molecule has 0 fully saturated rings. The molecule has 9 nitrogen and oxygen atoms in total. The Hall–Kier alpha value is -3.50. The molecule has 0 radical (unpaired) electrons. The highest BCUT2D eigenvalue weighted by atomic mass is 32.2. The average molecular weight is 402 g/mol. The van der Waals surface area contributed by atoms with Crippen molar-refractivity contribution < 1.29 is 27.8 Å². The molecule has 0 saturated heterocycles. The number of aromatic hydroxyl groups is 1. The molecule has 0 aromatic heterocycles. The van der Waals surface area contributed by atoms with Gasteiger partial charge in [0, 0.05) is 22.6 Å². The number of hydrogen-bond acceptors (Lipinski definition) is 6. The van der Waals surface area contributed by atoms with E-state index in [1.165, 1.54) is 49.4 Å². The Bertz CT molecular complexity index is 1240. The SMILES string of the molecule is Cc1cc(C(=O)Nc2c(O)ccc3cc(S(=O)(=O)O)ccc23)ccc1[N+](=O)[O-]. The molecule has 1 amide bonds. The molecule has 0 aliphatic heterocycles. The number of benzene rings is 3. The predicted molar refractivity (Wildman–Crippen MR) is 101 cm³/mol. The van der Waals surface area contributed by atoms with E-state index in [9.17, 15) is 28.4 Å². The van der Waals surface area contributed by atoms with E-state index in [4.69, 9.17) is 4.55 Å². The molecule has 0 saturated carbocycles. The van der Waals surface area contributed by atoms with Crippen molar-refractivity contribution in [2.45, 2.75) is 11.8 Å². The van der Waals surface area contributed by atoms with E-state index >= 15 is 0 Å². The zero-order chi connectivity index (χ0) is 20.6. The van der Waals surface area contributed by atoms with Gasteiger partial charge in [-0.25, -0.2) is 0 Å². The second-order valence-corrected chi connectivity index (χ2v) is 7.45. The molecule has 0 spiro atoms. The monoisotopic (exact) mass is 402 g/mol. The molecule has 28 heavy (non-hydrogen) atoms. The van der Waals surface area contributed by atoms with Gasteiger partial charge in [0.1, 0.15) is 5.75 Å². The quantitative estimate of drug-likeness (QED) is 0.263. The highest BCUT2D eigenvalue weighted by Crippen LogP contribution is 2.34. The van der Waals surface area contributed by atoms with Crippen molar-refractivity contribution in [2.24, 2.45) is 0 Å². The van der Waals surface area contributed by atoms with Crippen molar-refractivity contribution >= 4 is 38.2 Å². The number of nitrogens with zero attached hydrogens (tertiary/aromatic N) is 1. The second kappa shape index (κ2) is 6.91. The number of nitrogens with one attached hydrogen (secondary N) is 1. The smallest absolute Gasteiger partial charge is 0.294 e. The maximum atomic E-state index is 12.5. The highest BCUT2D eigenvalue weighted by Gasteiger charge is 2.17. The Balaban J connectivity index is 2.02. The molecule has 10 heteroatoms. The molecule has 0 unspecified atom stereocenters. The summed E-state index contributed by atoms with van der Waals surface area (Å²) >= 11 is 0. The molecule has 0 bridgehead atoms. The van der Waals surface area contributed by atoms with Gasteiger partial charge in [0.05, 0.1) is 15.5 Å². The van der Waals surface area contributed by atoms with Crippen LogP contribution >= 0.6 is 0 Å². The van der Waals surface area contributed by atoms with Gasteiger partial charge < -0.3 is 10.4 Å². The number of anilines is 1. The predicted octanol–water partition coefficient (Wildman–Crippen LogP) is 3.26. The Morgan fingerprint density at radius 3 is 2.43 bits per heavy atom. The second-order valence-electron chi connectivity index (χ2n) is 6.03. The van der Waals surface area contributed by atoms with Gasteiger partial charge >= 0.3 is 0 Å². The molecule has 0 aliphatic rings. The third kappa shape index (κ3) is 3.63. The first-order valence-electron chi connectivity index (χ1n) is 7.87. The molecule has 3 N–H and O–H groups in total. The first-order valence-corrected chi connectivity index (χ1v) is 9.31. The van der Waals surface area contributed by atoms with Crippen LogP contribution in [0.25, 0.3) is 10.8 Å². The van der Waals surface area contributed by atoms with Crippen LogP contribution in [0.3, 0.4) is 0 Å². The van der Waals surface area contributed by atoms with E-state index in [0.717, 1.165) is 6.07 Å². The van der Waals surface area contributed by atoms with Crippen LogP contribution < -0.4 is 5.32 Å². The van der Waals surface area contributed by atoms with Gasteiger partial charge in [-0.1, -0.05) is 12.1 Å². The number of nitro benzene ring substituents is 1. The largest absolute Gasteiger partial charge is 0.506 e. The van der Waals surface area contributed by atoms with Gasteiger partial charge in [-0.2, -0.15) is 8.42 Å². The minimum Gasteiger partial charge on any atom is -0.506 e. The van der Waals surface area contributed by atoms with E-state index in [0.29, 0.717) is 16.3 Å². The van der Waals surface area contributed by atoms with Crippen molar-refractivity contribution in [2.75, 3.05) is 5.32 Å². The summed E-state index contributed by atoms with van der Waals surface area (Å²) in [6.07, 6.45) is 0. The number of amides is 1. The molecule has 0 aliphatic carbocycles. The normalized spacial score (nSPS) is 11.4. The van der Waals surface area contributed by atoms with Gasteiger partial charge in [-0.15, -0.1) is 0 Å². The number of hydrogen-bond donors (Lipinski definition) is 3. The molecular weight excluding hydrogens is 388 g/mol. The molecule has 3 aromatic carbocycles. The van der Waals surface area contributed by atoms with E-state index in [2.05, 4.69) is 5.32 Å². The number of carbonyl (C=O) groups excluding carboxylic acids is 1. The van der Waals surface area contributed by atoms with Crippen LogP contribution in [-0.4, -0.2) is 28.9 Å². The number of rotatable bonds is 4. The lowest BCUT2D eigenvalue weighted by atomic mass is 10.1. The van der Waals surface area contributed by atoms with Gasteiger partial charge in [-0.05, 0) is 42.6 Å². The van der Waals surface area contributed by atoms with Crippen molar-refractivity contribution in [1.29, 1.82) is 0 Å². The van der Waals surface area contributed by atoms with Gasteiger partial charge in [0.15, 0.2) is 0 Å². The van der Waals surface area contributed by atoms with E-state index in [1.807, 2.05) is 0 Å². The van der Waals surface area contributed by atoms with Crippen molar-refractivity contribution in [3.8, 4) is 5.75 Å². The van der Waals surface area contributed by atoms with Crippen LogP contribution in [0.15, 0.2) is 53.4 Å². The van der Waals surface area contributed by atoms with Crippen molar-refractivity contribution in [3.63, 3.8) is 0 Å². The van der Waals surface area contributed by atoms with Crippen LogP contribution in [0.4, 0.5) is 11.4 Å². The van der Waals surface area contributed by atoms with Crippen LogP contribution in [0.1, 0.15) is 15.9 Å². The summed E-state index contributed by atoms with van der Waals surface area (Å²) in [5, 5.41) is 24.3. The molecule has 3 rings (SSSR count). The lowest BCUT2D eigenvalue weighted by Gasteiger charge is -2.12. The van der Waals surface area contributed by atoms with Crippen molar-refractivity contribution in [3.05, 3.63) is 69.8 Å². The Kier molecular flexibility index (Phi) is 4.75. The number of aryl methyl sites for hydroxylation is 1. The standard InChI is InChI=1S/C18H14N2O7S/c1-10-8-12(2-6-15(10)20(23)24)18(22)19-17-14-5-4-13(28(25,26)27)9-11(14)3-7-16(17)21/h2-9,21H,1H3,(H,19,22)(H,25,26,27). The number of fused-ring (bicyclic) bond motifs is 1. The molecule has 144 valence electrons. The van der Waals surface area contributed by atoms with Gasteiger partial charge in [-0.3, -0.25) is 19.5 Å². The number of phenolic OH excluding ortho intramolecular Hbond substituents is 1. The summed E-state index contributed by atoms with van der Waals surface area (Å²) in [4.78, 5) is 22.6. The minimum absolute atomic E-state index is 0.0420. The summed E-state index contributed by atoms with van der Waals surface area (Å²) in [6.45, 7) is 1.50. The first kappa shape index (κ1) is 19.3. The Morgan fingerprint density at radius 1 is 1.11 bits per heavy atom. The maximum Gasteiger partial charge on any atom is 0.294 e.